The number of carboxylic acid groups (broad SMARTS) is 1. The molecule has 1 aliphatic rings. The lowest BCUT2D eigenvalue weighted by Gasteiger charge is -2.25. The zero-order valence-corrected chi connectivity index (χ0v) is 9.11. The summed E-state index contributed by atoms with van der Waals surface area (Å²) in [6.45, 7) is 1.94. The molecule has 0 unspecified atom stereocenters. The molecule has 0 bridgehead atoms. The number of hydrogen-bond donors (Lipinski definition) is 1. The summed E-state index contributed by atoms with van der Waals surface area (Å²) >= 11 is 3.33. The van der Waals surface area contributed by atoms with Crippen molar-refractivity contribution in [1.82, 2.24) is 4.98 Å². The van der Waals surface area contributed by atoms with Crippen LogP contribution in [0.15, 0.2) is 5.38 Å². The number of carbonyl (C=O) groups is 1. The molecule has 1 aliphatic heterocycles. The highest BCUT2D eigenvalue weighted by Gasteiger charge is 2.16. The van der Waals surface area contributed by atoms with E-state index >= 15 is 0 Å². The van der Waals surface area contributed by atoms with Crippen molar-refractivity contribution in [1.29, 1.82) is 0 Å². The standard InChI is InChI=1S/C8H10N2O2S2/c11-7(12)6-5-14-8(9-6)10-1-3-13-4-2-10/h5H,1-4H2,(H,11,12). The Morgan fingerprint density at radius 3 is 2.79 bits per heavy atom. The van der Waals surface area contributed by atoms with Crippen LogP contribution in [0, 0.1) is 0 Å². The normalized spacial score (nSPS) is 17.0. The van der Waals surface area contributed by atoms with Crippen molar-refractivity contribution in [2.45, 2.75) is 0 Å². The molecule has 1 aromatic rings. The molecular formula is C8H10N2O2S2. The van der Waals surface area contributed by atoms with Gasteiger partial charge in [-0.05, 0) is 0 Å². The van der Waals surface area contributed by atoms with Gasteiger partial charge in [-0.2, -0.15) is 11.8 Å². The molecule has 0 atom stereocenters. The Morgan fingerprint density at radius 2 is 2.21 bits per heavy atom. The third-order valence-electron chi connectivity index (χ3n) is 1.99. The predicted molar refractivity (Wildman–Crippen MR) is 58.6 cm³/mol. The lowest BCUT2D eigenvalue weighted by Crippen LogP contribution is -2.32. The van der Waals surface area contributed by atoms with Crippen LogP contribution >= 0.6 is 23.1 Å². The Bertz CT molecular complexity index is 334. The van der Waals surface area contributed by atoms with E-state index in [0.29, 0.717) is 0 Å². The van der Waals surface area contributed by atoms with Gasteiger partial charge in [0.25, 0.3) is 0 Å². The fraction of sp³-hybridized carbons (Fsp3) is 0.500. The van der Waals surface area contributed by atoms with Gasteiger partial charge in [-0.1, -0.05) is 0 Å². The minimum absolute atomic E-state index is 0.156. The summed E-state index contributed by atoms with van der Waals surface area (Å²) in [6, 6.07) is 0. The Balaban J connectivity index is 2.11. The average molecular weight is 230 g/mol. The molecule has 1 fully saturated rings. The monoisotopic (exact) mass is 230 g/mol. The second-order valence-electron chi connectivity index (χ2n) is 2.92. The van der Waals surface area contributed by atoms with Gasteiger partial charge in [-0.15, -0.1) is 11.3 Å². The van der Waals surface area contributed by atoms with Crippen LogP contribution in [-0.2, 0) is 0 Å². The second-order valence-corrected chi connectivity index (χ2v) is 4.98. The third kappa shape index (κ3) is 2.01. The van der Waals surface area contributed by atoms with E-state index in [4.69, 9.17) is 5.11 Å². The molecule has 0 aliphatic carbocycles. The lowest BCUT2D eigenvalue weighted by atomic mass is 10.5. The molecule has 0 aromatic carbocycles. The van der Waals surface area contributed by atoms with Crippen molar-refractivity contribution < 1.29 is 9.90 Å². The maximum absolute atomic E-state index is 10.6. The first-order valence-corrected chi connectivity index (χ1v) is 6.32. The first kappa shape index (κ1) is 9.79. The first-order chi connectivity index (χ1) is 6.77. The number of hydrogen-bond acceptors (Lipinski definition) is 5. The maximum Gasteiger partial charge on any atom is 0.355 e. The van der Waals surface area contributed by atoms with Crippen LogP contribution < -0.4 is 4.90 Å². The fourth-order valence-corrected chi connectivity index (χ4v) is 3.02. The summed E-state index contributed by atoms with van der Waals surface area (Å²) < 4.78 is 0. The van der Waals surface area contributed by atoms with Crippen LogP contribution in [0.1, 0.15) is 10.5 Å². The van der Waals surface area contributed by atoms with Gasteiger partial charge in [0.15, 0.2) is 10.8 Å². The highest BCUT2D eigenvalue weighted by Crippen LogP contribution is 2.23. The number of aromatic carboxylic acids is 1. The van der Waals surface area contributed by atoms with Crippen molar-refractivity contribution in [3.05, 3.63) is 11.1 Å². The van der Waals surface area contributed by atoms with E-state index < -0.39 is 5.97 Å². The minimum atomic E-state index is -0.945. The SMILES string of the molecule is O=C(O)c1csc(N2CCSCC2)n1. The van der Waals surface area contributed by atoms with E-state index in [1.54, 1.807) is 5.38 Å². The Hall–Kier alpha value is -0.750. The summed E-state index contributed by atoms with van der Waals surface area (Å²) in [5, 5.41) is 11.2. The van der Waals surface area contributed by atoms with E-state index in [2.05, 4.69) is 9.88 Å². The topological polar surface area (TPSA) is 53.4 Å². The number of aromatic nitrogens is 1. The van der Waals surface area contributed by atoms with Gasteiger partial charge in [0, 0.05) is 30.0 Å². The Labute approximate surface area is 89.9 Å². The molecule has 0 amide bonds. The summed E-state index contributed by atoms with van der Waals surface area (Å²) in [7, 11) is 0. The van der Waals surface area contributed by atoms with E-state index in [9.17, 15) is 4.79 Å². The Morgan fingerprint density at radius 1 is 1.50 bits per heavy atom. The number of rotatable bonds is 2. The van der Waals surface area contributed by atoms with Crippen molar-refractivity contribution >= 4 is 34.2 Å². The van der Waals surface area contributed by atoms with E-state index in [-0.39, 0.29) is 5.69 Å². The number of nitrogens with zero attached hydrogens (tertiary/aromatic N) is 2. The largest absolute Gasteiger partial charge is 0.476 e. The highest BCUT2D eigenvalue weighted by atomic mass is 32.2. The van der Waals surface area contributed by atoms with E-state index in [1.807, 2.05) is 11.8 Å². The molecule has 2 heterocycles. The van der Waals surface area contributed by atoms with Gasteiger partial charge in [-0.3, -0.25) is 0 Å². The number of thiazole rings is 1. The van der Waals surface area contributed by atoms with Crippen molar-refractivity contribution in [2.24, 2.45) is 0 Å². The van der Waals surface area contributed by atoms with E-state index in [0.717, 1.165) is 29.7 Å². The highest BCUT2D eigenvalue weighted by molar-refractivity contribution is 7.99. The maximum atomic E-state index is 10.6. The van der Waals surface area contributed by atoms with Crippen molar-refractivity contribution in [3.63, 3.8) is 0 Å². The van der Waals surface area contributed by atoms with Crippen LogP contribution in [0.4, 0.5) is 5.13 Å². The Kier molecular flexibility index (Phi) is 2.93. The molecule has 76 valence electrons. The average Bonchev–Trinajstić information content (AvgIpc) is 2.68. The molecule has 4 nitrogen and oxygen atoms in total. The fourth-order valence-electron chi connectivity index (χ4n) is 1.26. The van der Waals surface area contributed by atoms with Crippen LogP contribution in [-0.4, -0.2) is 40.7 Å². The zero-order chi connectivity index (χ0) is 9.97. The van der Waals surface area contributed by atoms with Gasteiger partial charge >= 0.3 is 5.97 Å². The molecule has 1 aromatic heterocycles. The lowest BCUT2D eigenvalue weighted by molar-refractivity contribution is 0.0691. The molecule has 1 saturated heterocycles. The van der Waals surface area contributed by atoms with Gasteiger partial charge < -0.3 is 10.0 Å². The van der Waals surface area contributed by atoms with E-state index in [1.165, 1.54) is 11.3 Å². The second kappa shape index (κ2) is 4.18. The predicted octanol–water partition coefficient (Wildman–Crippen LogP) is 1.39. The first-order valence-electron chi connectivity index (χ1n) is 4.29. The van der Waals surface area contributed by atoms with Gasteiger partial charge in [0.2, 0.25) is 0 Å². The summed E-state index contributed by atoms with van der Waals surface area (Å²) in [5.41, 5.74) is 0.156. The minimum Gasteiger partial charge on any atom is -0.476 e. The van der Waals surface area contributed by atoms with Gasteiger partial charge in [-0.25, -0.2) is 9.78 Å². The smallest absolute Gasteiger partial charge is 0.355 e. The molecule has 0 spiro atoms. The number of anilines is 1. The van der Waals surface area contributed by atoms with Crippen molar-refractivity contribution in [3.8, 4) is 0 Å². The van der Waals surface area contributed by atoms with Gasteiger partial charge in [0.05, 0.1) is 0 Å². The van der Waals surface area contributed by atoms with Crippen molar-refractivity contribution in [2.75, 3.05) is 29.5 Å². The van der Waals surface area contributed by atoms with Gasteiger partial charge in [0.1, 0.15) is 0 Å². The summed E-state index contributed by atoms with van der Waals surface area (Å²) in [5.74, 6) is 1.25. The molecular weight excluding hydrogens is 220 g/mol. The van der Waals surface area contributed by atoms with Crippen LogP contribution in [0.25, 0.3) is 0 Å². The molecule has 0 saturated carbocycles. The summed E-state index contributed by atoms with van der Waals surface area (Å²) in [4.78, 5) is 16.8. The molecule has 6 heteroatoms. The van der Waals surface area contributed by atoms with Crippen LogP contribution in [0.3, 0.4) is 0 Å². The molecule has 2 rings (SSSR count). The zero-order valence-electron chi connectivity index (χ0n) is 7.47. The quantitative estimate of drug-likeness (QED) is 0.832. The summed E-state index contributed by atoms with van der Waals surface area (Å²) in [6.07, 6.45) is 0. The number of thioether (sulfide) groups is 1. The van der Waals surface area contributed by atoms with Crippen LogP contribution in [0.5, 0.6) is 0 Å². The van der Waals surface area contributed by atoms with Crippen LogP contribution in [0.2, 0.25) is 0 Å². The molecule has 0 radical (unpaired) electrons. The third-order valence-corrected chi connectivity index (χ3v) is 3.84. The number of carboxylic acids is 1. The molecule has 14 heavy (non-hydrogen) atoms. The molecule has 1 N–H and O–H groups in total.